The fraction of sp³-hybridized carbons (Fsp3) is 0.611. The zero-order chi connectivity index (χ0) is 16.6. The molecule has 0 spiro atoms. The summed E-state index contributed by atoms with van der Waals surface area (Å²) in [6, 6.07) is 9.64. The second-order valence-electron chi connectivity index (χ2n) is 7.90. The molecular formula is C18H28N2O2. The van der Waals surface area contributed by atoms with Gasteiger partial charge in [0.2, 0.25) is 5.90 Å². The first-order valence-electron chi connectivity index (χ1n) is 7.79. The number of hydrogen-bond acceptors (Lipinski definition) is 4. The lowest BCUT2D eigenvalue weighted by molar-refractivity contribution is 0.0511. The predicted octanol–water partition coefficient (Wildman–Crippen LogP) is 3.07. The van der Waals surface area contributed by atoms with Crippen molar-refractivity contribution in [2.24, 2.45) is 4.99 Å². The van der Waals surface area contributed by atoms with Crippen LogP contribution in [0.5, 0.6) is 0 Å². The molecule has 122 valence electrons. The van der Waals surface area contributed by atoms with Gasteiger partial charge >= 0.3 is 0 Å². The molecule has 0 radical (unpaired) electrons. The summed E-state index contributed by atoms with van der Waals surface area (Å²) in [7, 11) is 0. The normalized spacial score (nSPS) is 21.7. The van der Waals surface area contributed by atoms with Gasteiger partial charge in [0.1, 0.15) is 6.61 Å². The summed E-state index contributed by atoms with van der Waals surface area (Å²) in [6.07, 6.45) is 0. The van der Waals surface area contributed by atoms with Crippen LogP contribution in [-0.2, 0) is 4.74 Å². The maximum atomic E-state index is 11.2. The van der Waals surface area contributed by atoms with Gasteiger partial charge in [0, 0.05) is 5.54 Å². The van der Waals surface area contributed by atoms with Crippen LogP contribution in [0.4, 0.5) is 0 Å². The standard InChI is InChI=1S/C18H28N2O2/c1-16(2,3)19-14(13-10-8-7-9-11-13)18(6,21)15-20-17(4,5)12-22-15/h7-11,14,19,21H,12H2,1-6H3/t14-,18+/m1/s1. The van der Waals surface area contributed by atoms with E-state index < -0.39 is 5.60 Å². The highest BCUT2D eigenvalue weighted by atomic mass is 16.5. The lowest BCUT2D eigenvalue weighted by Gasteiger charge is -2.38. The second-order valence-corrected chi connectivity index (χ2v) is 7.90. The van der Waals surface area contributed by atoms with Crippen molar-refractivity contribution < 1.29 is 9.84 Å². The average molecular weight is 304 g/mol. The number of nitrogens with zero attached hydrogens (tertiary/aromatic N) is 1. The molecule has 0 fully saturated rings. The first kappa shape index (κ1) is 17.0. The number of aliphatic imine (C=N–C) groups is 1. The number of ether oxygens (including phenoxy) is 1. The van der Waals surface area contributed by atoms with E-state index >= 15 is 0 Å². The first-order chi connectivity index (χ1) is 10.0. The minimum atomic E-state index is -1.22. The fourth-order valence-electron chi connectivity index (χ4n) is 2.59. The molecule has 1 aromatic rings. The Morgan fingerprint density at radius 1 is 1.18 bits per heavy atom. The number of rotatable bonds is 4. The van der Waals surface area contributed by atoms with Gasteiger partial charge in [-0.2, -0.15) is 0 Å². The summed E-state index contributed by atoms with van der Waals surface area (Å²) in [6.45, 7) is 12.5. The third-order valence-electron chi connectivity index (χ3n) is 3.67. The lowest BCUT2D eigenvalue weighted by atomic mass is 9.87. The second kappa shape index (κ2) is 5.67. The van der Waals surface area contributed by atoms with Crippen LogP contribution in [0, 0.1) is 0 Å². The summed E-state index contributed by atoms with van der Waals surface area (Å²) >= 11 is 0. The summed E-state index contributed by atoms with van der Waals surface area (Å²) < 4.78 is 5.71. The lowest BCUT2D eigenvalue weighted by Crippen LogP contribution is -2.53. The molecule has 2 rings (SSSR count). The molecule has 2 atom stereocenters. The summed E-state index contributed by atoms with van der Waals surface area (Å²) in [5, 5.41) is 14.7. The van der Waals surface area contributed by atoms with Crippen molar-refractivity contribution >= 4 is 5.90 Å². The molecular weight excluding hydrogens is 276 g/mol. The molecule has 0 aliphatic carbocycles. The Morgan fingerprint density at radius 3 is 2.23 bits per heavy atom. The smallest absolute Gasteiger partial charge is 0.218 e. The van der Waals surface area contributed by atoms with Crippen LogP contribution in [0.25, 0.3) is 0 Å². The first-order valence-corrected chi connectivity index (χ1v) is 7.79. The Balaban J connectivity index is 2.40. The predicted molar refractivity (Wildman–Crippen MR) is 90.2 cm³/mol. The third-order valence-corrected chi connectivity index (χ3v) is 3.67. The highest BCUT2D eigenvalue weighted by molar-refractivity contribution is 5.87. The molecule has 22 heavy (non-hydrogen) atoms. The van der Waals surface area contributed by atoms with E-state index in [1.807, 2.05) is 44.2 Å². The van der Waals surface area contributed by atoms with E-state index in [1.165, 1.54) is 0 Å². The van der Waals surface area contributed by atoms with Crippen LogP contribution in [-0.4, -0.2) is 34.3 Å². The van der Waals surface area contributed by atoms with Gasteiger partial charge in [-0.3, -0.25) is 0 Å². The average Bonchev–Trinajstić information content (AvgIpc) is 2.77. The maximum absolute atomic E-state index is 11.2. The van der Waals surface area contributed by atoms with E-state index in [0.717, 1.165) is 5.56 Å². The molecule has 0 saturated heterocycles. The van der Waals surface area contributed by atoms with Gasteiger partial charge in [0.25, 0.3) is 0 Å². The number of hydrogen-bond donors (Lipinski definition) is 2. The van der Waals surface area contributed by atoms with Crippen LogP contribution in [0.15, 0.2) is 35.3 Å². The molecule has 2 N–H and O–H groups in total. The van der Waals surface area contributed by atoms with Crippen molar-refractivity contribution in [3.8, 4) is 0 Å². The van der Waals surface area contributed by atoms with Gasteiger partial charge < -0.3 is 15.2 Å². The zero-order valence-electron chi connectivity index (χ0n) is 14.5. The Hall–Kier alpha value is -1.39. The summed E-state index contributed by atoms with van der Waals surface area (Å²) in [4.78, 5) is 4.57. The monoisotopic (exact) mass is 304 g/mol. The molecule has 1 aliphatic heterocycles. The van der Waals surface area contributed by atoms with Crippen LogP contribution in [0.3, 0.4) is 0 Å². The Bertz CT molecular complexity index is 542. The van der Waals surface area contributed by atoms with Crippen molar-refractivity contribution in [3.05, 3.63) is 35.9 Å². The molecule has 0 amide bonds. The molecule has 4 heteroatoms. The zero-order valence-corrected chi connectivity index (χ0v) is 14.5. The Kier molecular flexibility index (Phi) is 4.37. The molecule has 0 saturated carbocycles. The number of nitrogens with one attached hydrogen (secondary N) is 1. The van der Waals surface area contributed by atoms with E-state index in [0.29, 0.717) is 12.5 Å². The van der Waals surface area contributed by atoms with Crippen molar-refractivity contribution in [2.75, 3.05) is 6.61 Å². The molecule has 1 heterocycles. The third kappa shape index (κ3) is 3.87. The van der Waals surface area contributed by atoms with Crippen molar-refractivity contribution in [2.45, 2.75) is 64.3 Å². The van der Waals surface area contributed by atoms with Crippen molar-refractivity contribution in [1.82, 2.24) is 5.32 Å². The Morgan fingerprint density at radius 2 is 1.77 bits per heavy atom. The quantitative estimate of drug-likeness (QED) is 0.899. The molecule has 1 aliphatic rings. The van der Waals surface area contributed by atoms with E-state index in [4.69, 9.17) is 4.74 Å². The fourth-order valence-corrected chi connectivity index (χ4v) is 2.59. The van der Waals surface area contributed by atoms with Gasteiger partial charge in [-0.15, -0.1) is 0 Å². The molecule has 0 unspecified atom stereocenters. The van der Waals surface area contributed by atoms with E-state index in [9.17, 15) is 5.11 Å². The summed E-state index contributed by atoms with van der Waals surface area (Å²) in [5.74, 6) is 0.406. The van der Waals surface area contributed by atoms with Crippen molar-refractivity contribution in [3.63, 3.8) is 0 Å². The van der Waals surface area contributed by atoms with E-state index in [1.54, 1.807) is 6.92 Å². The highest BCUT2D eigenvalue weighted by Crippen LogP contribution is 2.33. The van der Waals surface area contributed by atoms with Gasteiger partial charge in [-0.1, -0.05) is 30.3 Å². The minimum absolute atomic E-state index is 0.154. The molecule has 4 nitrogen and oxygen atoms in total. The van der Waals surface area contributed by atoms with E-state index in [2.05, 4.69) is 31.1 Å². The van der Waals surface area contributed by atoms with Gasteiger partial charge in [-0.25, -0.2) is 4.99 Å². The van der Waals surface area contributed by atoms with Gasteiger partial charge in [0.15, 0.2) is 5.60 Å². The van der Waals surface area contributed by atoms with Gasteiger partial charge in [0.05, 0.1) is 11.6 Å². The van der Waals surface area contributed by atoms with Crippen LogP contribution in [0.2, 0.25) is 0 Å². The maximum Gasteiger partial charge on any atom is 0.218 e. The molecule has 0 aromatic heterocycles. The Labute approximate surface area is 133 Å². The molecule has 1 aromatic carbocycles. The van der Waals surface area contributed by atoms with Gasteiger partial charge in [-0.05, 0) is 47.1 Å². The summed E-state index contributed by atoms with van der Waals surface area (Å²) in [5.41, 5.74) is -0.650. The van der Waals surface area contributed by atoms with E-state index in [-0.39, 0.29) is 17.1 Å². The van der Waals surface area contributed by atoms with Crippen LogP contribution in [0.1, 0.15) is 53.1 Å². The largest absolute Gasteiger partial charge is 0.476 e. The van der Waals surface area contributed by atoms with Crippen molar-refractivity contribution in [1.29, 1.82) is 0 Å². The topological polar surface area (TPSA) is 53.9 Å². The molecule has 0 bridgehead atoms. The number of aliphatic hydroxyl groups is 1. The van der Waals surface area contributed by atoms with Crippen LogP contribution < -0.4 is 5.32 Å². The van der Waals surface area contributed by atoms with Crippen LogP contribution >= 0.6 is 0 Å². The number of benzene rings is 1. The minimum Gasteiger partial charge on any atom is -0.476 e. The highest BCUT2D eigenvalue weighted by Gasteiger charge is 2.45. The SMILES string of the molecule is CC1(C)COC([C@@](C)(O)[C@H](NC(C)(C)C)c2ccccc2)=N1.